The van der Waals surface area contributed by atoms with Crippen molar-refractivity contribution in [3.63, 3.8) is 0 Å². The lowest BCUT2D eigenvalue weighted by Crippen LogP contribution is -2.23. The van der Waals surface area contributed by atoms with Crippen LogP contribution in [0.25, 0.3) is 0 Å². The van der Waals surface area contributed by atoms with Gasteiger partial charge in [-0.15, -0.1) is 24.5 Å². The number of hydrogen-bond donors (Lipinski definition) is 1. The van der Waals surface area contributed by atoms with Crippen molar-refractivity contribution in [2.24, 2.45) is 0 Å². The van der Waals surface area contributed by atoms with Crippen LogP contribution in [0.2, 0.25) is 0 Å². The fraction of sp³-hybridized carbons (Fsp3) is 0.333. The average molecular weight is 306 g/mol. The van der Waals surface area contributed by atoms with E-state index in [4.69, 9.17) is 5.11 Å². The summed E-state index contributed by atoms with van der Waals surface area (Å²) in [4.78, 5) is 15.2. The Kier molecular flexibility index (Phi) is 5.46. The molecule has 0 aromatic carbocycles. The van der Waals surface area contributed by atoms with Gasteiger partial charge in [-0.1, -0.05) is 12.2 Å². The molecule has 0 spiro atoms. The number of rotatable bonds is 7. The van der Waals surface area contributed by atoms with E-state index in [2.05, 4.69) is 18.1 Å². The first-order valence-corrected chi connectivity index (χ1v) is 6.35. The van der Waals surface area contributed by atoms with Crippen molar-refractivity contribution in [1.29, 1.82) is 0 Å². The third-order valence-electron chi connectivity index (χ3n) is 2.27. The van der Waals surface area contributed by atoms with Gasteiger partial charge in [-0.25, -0.2) is 9.78 Å². The van der Waals surface area contributed by atoms with Gasteiger partial charge in [0.15, 0.2) is 5.69 Å². The summed E-state index contributed by atoms with van der Waals surface area (Å²) in [5.41, 5.74) is -1.35. The van der Waals surface area contributed by atoms with Crippen LogP contribution < -0.4 is 0 Å². The molecule has 110 valence electrons. The molecule has 0 amide bonds. The number of halogens is 3. The molecule has 0 saturated heterocycles. The van der Waals surface area contributed by atoms with Crippen molar-refractivity contribution in [1.82, 2.24) is 9.88 Å². The highest BCUT2D eigenvalue weighted by atomic mass is 32.1. The first-order chi connectivity index (χ1) is 9.29. The van der Waals surface area contributed by atoms with Crippen LogP contribution in [0.15, 0.2) is 25.3 Å². The number of aromatic carboxylic acids is 1. The minimum Gasteiger partial charge on any atom is -0.477 e. The van der Waals surface area contributed by atoms with Crippen molar-refractivity contribution in [2.75, 3.05) is 13.1 Å². The summed E-state index contributed by atoms with van der Waals surface area (Å²) in [6, 6.07) is 0. The predicted octanol–water partition coefficient (Wildman–Crippen LogP) is 3.03. The fourth-order valence-corrected chi connectivity index (χ4v) is 2.49. The molecule has 1 heterocycles. The molecule has 1 rings (SSSR count). The van der Waals surface area contributed by atoms with Gasteiger partial charge in [0.25, 0.3) is 0 Å². The highest BCUT2D eigenvalue weighted by Gasteiger charge is 2.39. The van der Waals surface area contributed by atoms with Gasteiger partial charge in [-0.05, 0) is 0 Å². The van der Waals surface area contributed by atoms with Crippen LogP contribution in [0.5, 0.6) is 0 Å². The van der Waals surface area contributed by atoms with Crippen LogP contribution in [0.4, 0.5) is 13.2 Å². The largest absolute Gasteiger partial charge is 0.477 e. The molecule has 1 aromatic heterocycles. The Morgan fingerprint density at radius 1 is 1.35 bits per heavy atom. The maximum Gasteiger partial charge on any atom is 0.435 e. The summed E-state index contributed by atoms with van der Waals surface area (Å²) in [6.07, 6.45) is -1.58. The minimum absolute atomic E-state index is 0.0958. The summed E-state index contributed by atoms with van der Waals surface area (Å²) in [5.74, 6) is -1.62. The minimum atomic E-state index is -4.77. The lowest BCUT2D eigenvalue weighted by Gasteiger charge is -2.16. The van der Waals surface area contributed by atoms with Crippen molar-refractivity contribution in [3.05, 3.63) is 40.9 Å². The zero-order valence-electron chi connectivity index (χ0n) is 10.5. The Bertz CT molecular complexity index is 501. The molecule has 0 radical (unpaired) electrons. The molecule has 20 heavy (non-hydrogen) atoms. The smallest absolute Gasteiger partial charge is 0.435 e. The molecule has 1 N–H and O–H groups in total. The first-order valence-electron chi connectivity index (χ1n) is 5.54. The third-order valence-corrected chi connectivity index (χ3v) is 3.30. The molecule has 0 aliphatic carbocycles. The Labute approximate surface area is 117 Å². The second-order valence-electron chi connectivity index (χ2n) is 3.86. The molecule has 4 nitrogen and oxygen atoms in total. The van der Waals surface area contributed by atoms with Crippen LogP contribution >= 0.6 is 11.3 Å². The SMILES string of the molecule is C=CCN(CC=C)Cc1nc(C(F)(F)F)c(C(=O)O)s1. The van der Waals surface area contributed by atoms with E-state index in [1.165, 1.54) is 0 Å². The Morgan fingerprint density at radius 3 is 2.25 bits per heavy atom. The van der Waals surface area contributed by atoms with E-state index in [1.54, 1.807) is 17.1 Å². The maximum absolute atomic E-state index is 12.7. The zero-order chi connectivity index (χ0) is 15.3. The van der Waals surface area contributed by atoms with E-state index in [1.807, 2.05) is 0 Å². The normalized spacial score (nSPS) is 11.6. The highest BCUT2D eigenvalue weighted by Crippen LogP contribution is 2.34. The number of hydrogen-bond acceptors (Lipinski definition) is 4. The van der Waals surface area contributed by atoms with Gasteiger partial charge in [0, 0.05) is 13.1 Å². The monoisotopic (exact) mass is 306 g/mol. The van der Waals surface area contributed by atoms with Gasteiger partial charge in [-0.3, -0.25) is 4.90 Å². The van der Waals surface area contributed by atoms with Gasteiger partial charge in [-0.2, -0.15) is 13.2 Å². The molecule has 0 unspecified atom stereocenters. The molecule has 8 heteroatoms. The first kappa shape index (κ1) is 16.4. The van der Waals surface area contributed by atoms with Crippen molar-refractivity contribution >= 4 is 17.3 Å². The van der Waals surface area contributed by atoms with E-state index < -0.39 is 22.7 Å². The van der Waals surface area contributed by atoms with Gasteiger partial charge in [0.05, 0.1) is 6.54 Å². The summed E-state index contributed by atoms with van der Waals surface area (Å²) < 4.78 is 38.1. The molecule has 0 saturated carbocycles. The second kappa shape index (κ2) is 6.67. The Balaban J connectivity index is 3.04. The third kappa shape index (κ3) is 4.17. The molecule has 0 atom stereocenters. The molecule has 0 fully saturated rings. The average Bonchev–Trinajstić information content (AvgIpc) is 2.73. The topological polar surface area (TPSA) is 53.4 Å². The molecule has 0 aliphatic rings. The van der Waals surface area contributed by atoms with Crippen LogP contribution in [-0.2, 0) is 12.7 Å². The quantitative estimate of drug-likeness (QED) is 0.787. The van der Waals surface area contributed by atoms with Gasteiger partial charge in [0.2, 0.25) is 0 Å². The second-order valence-corrected chi connectivity index (χ2v) is 4.94. The lowest BCUT2D eigenvalue weighted by atomic mass is 10.3. The van der Waals surface area contributed by atoms with Gasteiger partial charge in [0.1, 0.15) is 9.88 Å². The van der Waals surface area contributed by atoms with E-state index >= 15 is 0 Å². The summed E-state index contributed by atoms with van der Waals surface area (Å²) >= 11 is 0.534. The van der Waals surface area contributed by atoms with E-state index in [0.29, 0.717) is 24.4 Å². The summed E-state index contributed by atoms with van der Waals surface area (Å²) in [6.45, 7) is 8.08. The maximum atomic E-state index is 12.7. The van der Waals surface area contributed by atoms with Crippen molar-refractivity contribution in [2.45, 2.75) is 12.7 Å². The van der Waals surface area contributed by atoms with Crippen molar-refractivity contribution < 1.29 is 23.1 Å². The molecule has 1 aromatic rings. The van der Waals surface area contributed by atoms with Crippen LogP contribution in [-0.4, -0.2) is 34.0 Å². The number of alkyl halides is 3. The van der Waals surface area contributed by atoms with Crippen LogP contribution in [0, 0.1) is 0 Å². The summed E-state index contributed by atoms with van der Waals surface area (Å²) in [5, 5.41) is 8.90. The molecule has 0 bridgehead atoms. The molecular formula is C12H13F3N2O2S. The van der Waals surface area contributed by atoms with E-state index in [-0.39, 0.29) is 11.6 Å². The Hall–Kier alpha value is -1.67. The van der Waals surface area contributed by atoms with Crippen molar-refractivity contribution in [3.8, 4) is 0 Å². The number of carboxylic acids is 1. The number of nitrogens with zero attached hydrogens (tertiary/aromatic N) is 2. The lowest BCUT2D eigenvalue weighted by molar-refractivity contribution is -0.141. The highest BCUT2D eigenvalue weighted by molar-refractivity contribution is 7.13. The number of aromatic nitrogens is 1. The Morgan fingerprint density at radius 2 is 1.90 bits per heavy atom. The van der Waals surface area contributed by atoms with E-state index in [9.17, 15) is 18.0 Å². The van der Waals surface area contributed by atoms with Crippen LogP contribution in [0.3, 0.4) is 0 Å². The van der Waals surface area contributed by atoms with Crippen LogP contribution in [0.1, 0.15) is 20.4 Å². The standard InChI is InChI=1S/C12H13F3N2O2S/c1-3-5-17(6-4-2)7-8-16-10(12(13,14)15)9(20-8)11(18)19/h3-4H,1-2,5-7H2,(H,18,19). The number of carbonyl (C=O) groups is 1. The van der Waals surface area contributed by atoms with Gasteiger partial charge < -0.3 is 5.11 Å². The number of carboxylic acid groups (broad SMARTS) is 1. The molecular weight excluding hydrogens is 293 g/mol. The molecule has 0 aliphatic heterocycles. The number of thiazole rings is 1. The van der Waals surface area contributed by atoms with Gasteiger partial charge >= 0.3 is 12.1 Å². The fourth-order valence-electron chi connectivity index (χ4n) is 1.53. The summed E-state index contributed by atoms with van der Waals surface area (Å²) in [7, 11) is 0. The predicted molar refractivity (Wildman–Crippen MR) is 69.7 cm³/mol. The van der Waals surface area contributed by atoms with E-state index in [0.717, 1.165) is 0 Å². The zero-order valence-corrected chi connectivity index (χ0v) is 11.3.